The molecule has 18 heavy (non-hydrogen) atoms. The molecule has 0 aliphatic carbocycles. The summed E-state index contributed by atoms with van der Waals surface area (Å²) < 4.78 is 0. The number of amides is 1. The molecule has 0 unspecified atom stereocenters. The summed E-state index contributed by atoms with van der Waals surface area (Å²) in [5.74, 6) is -1.60. The van der Waals surface area contributed by atoms with Crippen molar-refractivity contribution in [2.45, 2.75) is 20.3 Å². The average molecular weight is 292 g/mol. The van der Waals surface area contributed by atoms with Gasteiger partial charge in [-0.25, -0.2) is 9.97 Å². The summed E-state index contributed by atoms with van der Waals surface area (Å²) in [6, 6.07) is 0. The third-order valence-electron chi connectivity index (χ3n) is 2.20. The van der Waals surface area contributed by atoms with Gasteiger partial charge < -0.3 is 10.4 Å². The first kappa shape index (κ1) is 14.7. The molecule has 0 fully saturated rings. The topological polar surface area (TPSA) is 92.2 Å². The molecule has 8 heteroatoms. The number of nitrogens with zero attached hydrogens (tertiary/aromatic N) is 2. The van der Waals surface area contributed by atoms with Gasteiger partial charge in [-0.05, 0) is 13.8 Å². The fourth-order valence-electron chi connectivity index (χ4n) is 1.11. The molecule has 6 nitrogen and oxygen atoms in total. The Balaban J connectivity index is 2.80. The molecular formula is C10H11Cl2N3O3. The molecule has 1 aromatic heterocycles. The lowest BCUT2D eigenvalue weighted by molar-refractivity contribution is -0.148. The van der Waals surface area contributed by atoms with Crippen LogP contribution in [0.2, 0.25) is 10.3 Å². The van der Waals surface area contributed by atoms with Crippen LogP contribution in [0.15, 0.2) is 6.33 Å². The van der Waals surface area contributed by atoms with Gasteiger partial charge in [0.2, 0.25) is 5.91 Å². The third kappa shape index (κ3) is 3.54. The number of halogens is 2. The Morgan fingerprint density at radius 2 is 1.83 bits per heavy atom. The van der Waals surface area contributed by atoms with Crippen LogP contribution < -0.4 is 5.32 Å². The van der Waals surface area contributed by atoms with E-state index in [-0.39, 0.29) is 22.4 Å². The summed E-state index contributed by atoms with van der Waals surface area (Å²) in [5.41, 5.74) is -1.11. The highest BCUT2D eigenvalue weighted by atomic mass is 35.5. The van der Waals surface area contributed by atoms with Gasteiger partial charge in [0.1, 0.15) is 12.0 Å². The Hall–Kier alpha value is -1.40. The van der Waals surface area contributed by atoms with Gasteiger partial charge in [0.25, 0.3) is 0 Å². The number of aromatic nitrogens is 2. The van der Waals surface area contributed by atoms with Crippen molar-refractivity contribution >= 4 is 40.8 Å². The number of nitrogens with one attached hydrogen (secondary N) is 1. The van der Waals surface area contributed by atoms with Gasteiger partial charge in [-0.1, -0.05) is 23.2 Å². The average Bonchev–Trinajstić information content (AvgIpc) is 2.22. The number of hydrogen-bond donors (Lipinski definition) is 2. The Morgan fingerprint density at radius 3 is 2.28 bits per heavy atom. The normalized spacial score (nSPS) is 11.1. The lowest BCUT2D eigenvalue weighted by Gasteiger charge is -2.18. The second-order valence-electron chi connectivity index (χ2n) is 4.24. The van der Waals surface area contributed by atoms with Gasteiger partial charge in [-0.15, -0.1) is 0 Å². The van der Waals surface area contributed by atoms with E-state index in [0.29, 0.717) is 0 Å². The molecule has 0 aliphatic heterocycles. The zero-order valence-electron chi connectivity index (χ0n) is 9.70. The maximum Gasteiger partial charge on any atom is 0.309 e. The highest BCUT2D eigenvalue weighted by Gasteiger charge is 2.30. The number of hydrogen-bond acceptors (Lipinski definition) is 4. The number of carboxylic acid groups (broad SMARTS) is 1. The smallest absolute Gasteiger partial charge is 0.309 e. The van der Waals surface area contributed by atoms with Gasteiger partial charge in [0.05, 0.1) is 5.41 Å². The predicted octanol–water partition coefficient (Wildman–Crippen LogP) is 2.22. The lowest BCUT2D eigenvalue weighted by atomic mass is 9.89. The predicted molar refractivity (Wildman–Crippen MR) is 66.7 cm³/mol. The van der Waals surface area contributed by atoms with E-state index < -0.39 is 17.3 Å². The molecule has 98 valence electrons. The molecule has 0 radical (unpaired) electrons. The van der Waals surface area contributed by atoms with Crippen LogP contribution in [0.4, 0.5) is 5.69 Å². The quantitative estimate of drug-likeness (QED) is 0.830. The highest BCUT2D eigenvalue weighted by molar-refractivity contribution is 6.38. The standard InChI is InChI=1S/C10H11Cl2N3O3/c1-10(2,9(17)18)3-5(16)15-6-7(11)13-4-14-8(6)12/h4H,3H2,1-2H3,(H,15,16)(H,17,18). The fourth-order valence-corrected chi connectivity index (χ4v) is 1.52. The van der Waals surface area contributed by atoms with Crippen molar-refractivity contribution in [1.29, 1.82) is 0 Å². The summed E-state index contributed by atoms with van der Waals surface area (Å²) in [5, 5.41) is 11.3. The van der Waals surface area contributed by atoms with Gasteiger partial charge in [-0.2, -0.15) is 0 Å². The summed E-state index contributed by atoms with van der Waals surface area (Å²) in [6.07, 6.45) is 0.936. The van der Waals surface area contributed by atoms with Gasteiger partial charge in [0, 0.05) is 6.42 Å². The largest absolute Gasteiger partial charge is 0.481 e. The molecule has 1 amide bonds. The van der Waals surface area contributed by atoms with Crippen LogP contribution in [0.5, 0.6) is 0 Å². The minimum atomic E-state index is -1.18. The number of carbonyl (C=O) groups is 2. The van der Waals surface area contributed by atoms with Crippen LogP contribution in [-0.4, -0.2) is 27.0 Å². The molecule has 0 aliphatic rings. The van der Waals surface area contributed by atoms with Gasteiger partial charge in [-0.3, -0.25) is 9.59 Å². The van der Waals surface area contributed by atoms with Crippen LogP contribution in [0.25, 0.3) is 0 Å². The van der Waals surface area contributed by atoms with E-state index >= 15 is 0 Å². The summed E-state index contributed by atoms with van der Waals surface area (Å²) >= 11 is 11.5. The van der Waals surface area contributed by atoms with Crippen molar-refractivity contribution in [2.75, 3.05) is 5.32 Å². The first-order valence-electron chi connectivity index (χ1n) is 4.93. The number of carbonyl (C=O) groups excluding carboxylic acids is 1. The van der Waals surface area contributed by atoms with E-state index in [0.717, 1.165) is 6.33 Å². The van der Waals surface area contributed by atoms with Crippen LogP contribution >= 0.6 is 23.2 Å². The minimum absolute atomic E-state index is 0.00326. The van der Waals surface area contributed by atoms with Crippen LogP contribution in [-0.2, 0) is 9.59 Å². The number of anilines is 1. The van der Waals surface area contributed by atoms with E-state index in [1.807, 2.05) is 0 Å². The Morgan fingerprint density at radius 1 is 1.33 bits per heavy atom. The molecule has 0 saturated heterocycles. The first-order chi connectivity index (χ1) is 8.24. The second-order valence-corrected chi connectivity index (χ2v) is 4.96. The number of rotatable bonds is 4. The molecule has 0 spiro atoms. The number of carboxylic acids is 1. The molecule has 0 atom stereocenters. The van der Waals surface area contributed by atoms with Crippen molar-refractivity contribution in [3.63, 3.8) is 0 Å². The molecule has 0 bridgehead atoms. The first-order valence-corrected chi connectivity index (χ1v) is 5.69. The minimum Gasteiger partial charge on any atom is -0.481 e. The third-order valence-corrected chi connectivity index (χ3v) is 2.77. The Labute approximate surface area is 113 Å². The summed E-state index contributed by atoms with van der Waals surface area (Å²) in [4.78, 5) is 29.9. The van der Waals surface area contributed by atoms with Crippen LogP contribution in [0, 0.1) is 5.41 Å². The van der Waals surface area contributed by atoms with Crippen molar-refractivity contribution in [3.05, 3.63) is 16.6 Å². The fraction of sp³-hybridized carbons (Fsp3) is 0.400. The SMILES string of the molecule is CC(C)(CC(=O)Nc1c(Cl)ncnc1Cl)C(=O)O. The molecule has 0 aromatic carbocycles. The lowest BCUT2D eigenvalue weighted by Crippen LogP contribution is -2.29. The monoisotopic (exact) mass is 291 g/mol. The van der Waals surface area contributed by atoms with Crippen molar-refractivity contribution in [2.24, 2.45) is 5.41 Å². The molecular weight excluding hydrogens is 281 g/mol. The Bertz CT molecular complexity index is 471. The molecule has 1 rings (SSSR count). The molecule has 0 saturated carbocycles. The maximum atomic E-state index is 11.7. The maximum absolute atomic E-state index is 11.7. The van der Waals surface area contributed by atoms with Crippen molar-refractivity contribution in [1.82, 2.24) is 9.97 Å². The van der Waals surface area contributed by atoms with Crippen LogP contribution in [0.1, 0.15) is 20.3 Å². The van der Waals surface area contributed by atoms with Crippen LogP contribution in [0.3, 0.4) is 0 Å². The van der Waals surface area contributed by atoms with E-state index in [1.165, 1.54) is 13.8 Å². The van der Waals surface area contributed by atoms with Gasteiger partial charge in [0.15, 0.2) is 10.3 Å². The molecule has 1 heterocycles. The molecule has 2 N–H and O–H groups in total. The summed E-state index contributed by atoms with van der Waals surface area (Å²) in [6.45, 7) is 2.89. The highest BCUT2D eigenvalue weighted by Crippen LogP contribution is 2.27. The zero-order valence-corrected chi connectivity index (χ0v) is 11.2. The number of aliphatic carboxylic acids is 1. The van der Waals surface area contributed by atoms with Crippen molar-refractivity contribution < 1.29 is 14.7 Å². The second kappa shape index (κ2) is 5.49. The van der Waals surface area contributed by atoms with E-state index in [4.69, 9.17) is 28.3 Å². The van der Waals surface area contributed by atoms with Gasteiger partial charge >= 0.3 is 5.97 Å². The van der Waals surface area contributed by atoms with Crippen molar-refractivity contribution in [3.8, 4) is 0 Å². The summed E-state index contributed by atoms with van der Waals surface area (Å²) in [7, 11) is 0. The Kier molecular flexibility index (Phi) is 4.48. The zero-order chi connectivity index (χ0) is 13.9. The van der Waals surface area contributed by atoms with E-state index in [9.17, 15) is 9.59 Å². The van der Waals surface area contributed by atoms with E-state index in [1.54, 1.807) is 0 Å². The van der Waals surface area contributed by atoms with E-state index in [2.05, 4.69) is 15.3 Å². The molecule has 1 aromatic rings.